The largest absolute Gasteiger partial charge is 0.381 e. The third-order valence-corrected chi connectivity index (χ3v) is 7.34. The van der Waals surface area contributed by atoms with Crippen LogP contribution in [-0.4, -0.2) is 66.7 Å². The molecule has 0 spiro atoms. The average Bonchev–Trinajstić information content (AvgIpc) is 2.91. The van der Waals surface area contributed by atoms with Crippen molar-refractivity contribution in [2.45, 2.75) is 19.9 Å². The second kappa shape index (κ2) is 10.3. The lowest BCUT2D eigenvalue weighted by molar-refractivity contribution is -0.111. The Hall–Kier alpha value is -3.75. The van der Waals surface area contributed by atoms with Gasteiger partial charge in [-0.3, -0.25) is 19.7 Å². The molecular weight excluding hydrogens is 464 g/mol. The zero-order valence-electron chi connectivity index (χ0n) is 21.2. The average molecular weight is 497 g/mol. The second-order valence-electron chi connectivity index (χ2n) is 9.92. The fourth-order valence-corrected chi connectivity index (χ4v) is 5.08. The minimum Gasteiger partial charge on any atom is -0.381 e. The number of pyridine rings is 2. The molecule has 5 heterocycles. The molecule has 2 aromatic heterocycles. The van der Waals surface area contributed by atoms with Gasteiger partial charge in [-0.2, -0.15) is 0 Å². The summed E-state index contributed by atoms with van der Waals surface area (Å²) in [6.45, 7) is 8.96. The van der Waals surface area contributed by atoms with Crippen LogP contribution in [0.25, 0.3) is 16.7 Å². The molecule has 2 saturated heterocycles. The van der Waals surface area contributed by atoms with Crippen LogP contribution < -0.4 is 15.5 Å². The van der Waals surface area contributed by atoms with Crippen LogP contribution in [0, 0.1) is 0 Å². The molecule has 0 aliphatic carbocycles. The van der Waals surface area contributed by atoms with Crippen molar-refractivity contribution in [2.24, 2.45) is 0 Å². The Morgan fingerprint density at radius 2 is 1.89 bits per heavy atom. The topological polar surface area (TPSA) is 82.6 Å². The monoisotopic (exact) mass is 496 g/mol. The molecule has 1 aromatic carbocycles. The van der Waals surface area contributed by atoms with E-state index in [-0.39, 0.29) is 5.91 Å². The van der Waals surface area contributed by atoms with Crippen molar-refractivity contribution in [2.75, 3.05) is 61.5 Å². The van der Waals surface area contributed by atoms with Crippen LogP contribution >= 0.6 is 0 Å². The number of likely N-dealkylation sites (tertiary alicyclic amines) is 1. The van der Waals surface area contributed by atoms with Crippen LogP contribution in [-0.2, 0) is 16.1 Å². The first-order valence-electron chi connectivity index (χ1n) is 13.0. The van der Waals surface area contributed by atoms with Gasteiger partial charge in [-0.1, -0.05) is 6.07 Å². The molecule has 0 atom stereocenters. The molecule has 0 bridgehead atoms. The molecule has 3 aromatic rings. The smallest absolute Gasteiger partial charge is 0.256 e. The Balaban J connectivity index is 1.24. The minimum atomic E-state index is -0.116. The van der Waals surface area contributed by atoms with Crippen LogP contribution in [0.5, 0.6) is 0 Å². The van der Waals surface area contributed by atoms with E-state index in [4.69, 9.17) is 4.74 Å². The molecular formula is C29H32N6O2. The number of morpholine rings is 1. The molecule has 2 N–H and O–H groups in total. The van der Waals surface area contributed by atoms with E-state index >= 15 is 0 Å². The van der Waals surface area contributed by atoms with E-state index < -0.39 is 0 Å². The van der Waals surface area contributed by atoms with E-state index in [1.54, 1.807) is 6.20 Å². The number of nitrogens with zero attached hydrogens (tertiary/aromatic N) is 4. The van der Waals surface area contributed by atoms with E-state index in [1.807, 2.05) is 31.5 Å². The summed E-state index contributed by atoms with van der Waals surface area (Å²) >= 11 is 0. The summed E-state index contributed by atoms with van der Waals surface area (Å²) in [6, 6.07) is 12.3. The van der Waals surface area contributed by atoms with E-state index in [9.17, 15) is 4.79 Å². The number of nitrogens with one attached hydrogen (secondary N) is 2. The van der Waals surface area contributed by atoms with Crippen molar-refractivity contribution in [1.29, 1.82) is 0 Å². The number of carbonyl (C=O) groups excluding carboxylic acids is 1. The first kappa shape index (κ1) is 23.6. The minimum absolute atomic E-state index is 0.116. The van der Waals surface area contributed by atoms with Crippen LogP contribution in [0.3, 0.4) is 0 Å². The number of amides is 1. The molecule has 8 nitrogen and oxygen atoms in total. The predicted molar refractivity (Wildman–Crippen MR) is 147 cm³/mol. The number of fused-ring (bicyclic) bond motifs is 1. The summed E-state index contributed by atoms with van der Waals surface area (Å²) in [5.74, 6) is -0.116. The number of hydrogen-bond donors (Lipinski definition) is 2. The standard InChI is InChI=1S/C29H32N6O2/c1-20-15-32-27-6-3-21(22-13-25(18-30-16-22)35-9-11-37-12-10-35)14-26(27)28(20)29(36)33-23-4-5-24(31-17-23)19-34-7-2-8-34/h3-6,13-14,16-18,32H,2,7-12,15,19H2,1H3,(H,33,36). The summed E-state index contributed by atoms with van der Waals surface area (Å²) in [4.78, 5) is 27.2. The summed E-state index contributed by atoms with van der Waals surface area (Å²) in [5, 5.41) is 6.52. The third kappa shape index (κ3) is 5.08. The van der Waals surface area contributed by atoms with Gasteiger partial charge in [0.05, 0.1) is 42.7 Å². The highest BCUT2D eigenvalue weighted by Crippen LogP contribution is 2.36. The van der Waals surface area contributed by atoms with Crippen molar-refractivity contribution in [1.82, 2.24) is 14.9 Å². The zero-order valence-corrected chi connectivity index (χ0v) is 21.2. The van der Waals surface area contributed by atoms with Crippen molar-refractivity contribution in [3.05, 3.63) is 71.8 Å². The third-order valence-electron chi connectivity index (χ3n) is 7.34. The van der Waals surface area contributed by atoms with Gasteiger partial charge < -0.3 is 20.3 Å². The molecule has 1 amide bonds. The molecule has 0 radical (unpaired) electrons. The van der Waals surface area contributed by atoms with Gasteiger partial charge >= 0.3 is 0 Å². The van der Waals surface area contributed by atoms with Gasteiger partial charge in [-0.15, -0.1) is 0 Å². The highest BCUT2D eigenvalue weighted by Gasteiger charge is 2.24. The number of hydrogen-bond acceptors (Lipinski definition) is 7. The lowest BCUT2D eigenvalue weighted by atomic mass is 9.91. The maximum Gasteiger partial charge on any atom is 0.256 e. The van der Waals surface area contributed by atoms with Gasteiger partial charge in [-0.25, -0.2) is 0 Å². The van der Waals surface area contributed by atoms with Crippen LogP contribution in [0.1, 0.15) is 24.6 Å². The van der Waals surface area contributed by atoms with E-state index in [1.165, 1.54) is 6.42 Å². The quantitative estimate of drug-likeness (QED) is 0.533. The fourth-order valence-electron chi connectivity index (χ4n) is 5.08. The lowest BCUT2D eigenvalue weighted by Gasteiger charge is -2.30. The molecule has 0 unspecified atom stereocenters. The Labute approximate surface area is 217 Å². The summed E-state index contributed by atoms with van der Waals surface area (Å²) in [6.07, 6.45) is 6.80. The van der Waals surface area contributed by atoms with Gasteiger partial charge in [0.1, 0.15) is 0 Å². The molecule has 8 heteroatoms. The number of carbonyl (C=O) groups is 1. The number of ether oxygens (including phenoxy) is 1. The van der Waals surface area contributed by atoms with E-state index in [2.05, 4.69) is 54.7 Å². The van der Waals surface area contributed by atoms with Gasteiger partial charge in [0.25, 0.3) is 5.91 Å². The SMILES string of the molecule is CC1=C(C(=O)Nc2ccc(CN3CCC3)nc2)c2cc(-c3cncc(N4CCOCC4)c3)ccc2NC1. The van der Waals surface area contributed by atoms with Crippen LogP contribution in [0.2, 0.25) is 0 Å². The summed E-state index contributed by atoms with van der Waals surface area (Å²) < 4.78 is 5.50. The molecule has 3 aliphatic heterocycles. The maximum absolute atomic E-state index is 13.5. The van der Waals surface area contributed by atoms with Gasteiger partial charge in [-0.05, 0) is 67.9 Å². The first-order chi connectivity index (χ1) is 18.1. The molecule has 3 aliphatic rings. The van der Waals surface area contributed by atoms with Gasteiger partial charge in [0, 0.05) is 54.8 Å². The highest BCUT2D eigenvalue weighted by molar-refractivity contribution is 6.27. The van der Waals surface area contributed by atoms with E-state index in [0.717, 1.165) is 85.3 Å². The van der Waals surface area contributed by atoms with Crippen molar-refractivity contribution >= 4 is 28.5 Å². The summed E-state index contributed by atoms with van der Waals surface area (Å²) in [7, 11) is 0. The zero-order chi connectivity index (χ0) is 25.2. The Bertz CT molecular complexity index is 1330. The normalized spacial score (nSPS) is 17.6. The van der Waals surface area contributed by atoms with Crippen molar-refractivity contribution < 1.29 is 9.53 Å². The van der Waals surface area contributed by atoms with Crippen LogP contribution in [0.4, 0.5) is 17.1 Å². The number of anilines is 3. The lowest BCUT2D eigenvalue weighted by Crippen LogP contribution is -2.36. The number of benzene rings is 1. The van der Waals surface area contributed by atoms with Crippen LogP contribution in [0.15, 0.2) is 60.6 Å². The molecule has 0 saturated carbocycles. The Kier molecular flexibility index (Phi) is 6.59. The fraction of sp³-hybridized carbons (Fsp3) is 0.345. The predicted octanol–water partition coefficient (Wildman–Crippen LogP) is 4.02. The molecule has 190 valence electrons. The first-order valence-corrected chi connectivity index (χ1v) is 13.0. The van der Waals surface area contributed by atoms with Gasteiger partial charge in [0.2, 0.25) is 0 Å². The summed E-state index contributed by atoms with van der Waals surface area (Å²) in [5.41, 5.74) is 8.44. The Morgan fingerprint density at radius 1 is 1.03 bits per heavy atom. The van der Waals surface area contributed by atoms with Crippen molar-refractivity contribution in [3.8, 4) is 11.1 Å². The molecule has 37 heavy (non-hydrogen) atoms. The Morgan fingerprint density at radius 3 is 2.65 bits per heavy atom. The molecule has 2 fully saturated rings. The second-order valence-corrected chi connectivity index (χ2v) is 9.92. The van der Waals surface area contributed by atoms with E-state index in [0.29, 0.717) is 17.8 Å². The highest BCUT2D eigenvalue weighted by atomic mass is 16.5. The molecule has 6 rings (SSSR count). The maximum atomic E-state index is 13.5. The van der Waals surface area contributed by atoms with Crippen molar-refractivity contribution in [3.63, 3.8) is 0 Å². The van der Waals surface area contributed by atoms with Gasteiger partial charge in [0.15, 0.2) is 0 Å². The number of rotatable bonds is 6. The number of aromatic nitrogens is 2.